The van der Waals surface area contributed by atoms with E-state index in [1.807, 2.05) is 6.92 Å². The van der Waals surface area contributed by atoms with Gasteiger partial charge in [-0.05, 0) is 62.4 Å². The SMILES string of the molecule is COC[C@@H](C)Nc1n[nH]c2nccc(Oc3ccc(NC(=O)c4ccc(C)n(-c5ccc(F)cc5)c4=O)cc3F)c12. The van der Waals surface area contributed by atoms with Gasteiger partial charge in [-0.3, -0.25) is 19.3 Å². The fourth-order valence-corrected chi connectivity index (χ4v) is 4.33. The summed E-state index contributed by atoms with van der Waals surface area (Å²) < 4.78 is 40.8. The molecule has 41 heavy (non-hydrogen) atoms. The maximum Gasteiger partial charge on any atom is 0.268 e. The maximum absolute atomic E-state index is 15.1. The summed E-state index contributed by atoms with van der Waals surface area (Å²) in [6.07, 6.45) is 1.50. The third-order valence-corrected chi connectivity index (χ3v) is 6.24. The number of H-pyrrole nitrogens is 1. The molecule has 0 aliphatic heterocycles. The zero-order chi connectivity index (χ0) is 29.1. The van der Waals surface area contributed by atoms with E-state index < -0.39 is 23.1 Å². The monoisotopic (exact) mass is 560 g/mol. The molecule has 0 fully saturated rings. The van der Waals surface area contributed by atoms with Crippen LogP contribution >= 0.6 is 0 Å². The number of pyridine rings is 2. The van der Waals surface area contributed by atoms with E-state index in [0.29, 0.717) is 40.6 Å². The lowest BCUT2D eigenvalue weighted by Crippen LogP contribution is -2.29. The molecule has 10 nitrogen and oxygen atoms in total. The number of methoxy groups -OCH3 is 1. The number of hydrogen-bond acceptors (Lipinski definition) is 7. The predicted octanol–water partition coefficient (Wildman–Crippen LogP) is 5.19. The Balaban J connectivity index is 1.37. The Bertz CT molecular complexity index is 1790. The van der Waals surface area contributed by atoms with E-state index in [4.69, 9.17) is 9.47 Å². The lowest BCUT2D eigenvalue weighted by molar-refractivity contribution is 0.102. The van der Waals surface area contributed by atoms with E-state index in [1.54, 1.807) is 26.2 Å². The second-order valence-corrected chi connectivity index (χ2v) is 9.31. The summed E-state index contributed by atoms with van der Waals surface area (Å²) in [6, 6.07) is 13.8. The van der Waals surface area contributed by atoms with Crippen LogP contribution in [0.15, 0.2) is 71.7 Å². The van der Waals surface area contributed by atoms with Gasteiger partial charge in [0.2, 0.25) is 0 Å². The van der Waals surface area contributed by atoms with Crippen molar-refractivity contribution in [2.75, 3.05) is 24.4 Å². The van der Waals surface area contributed by atoms with Crippen LogP contribution in [0.4, 0.5) is 20.3 Å². The van der Waals surface area contributed by atoms with Crippen LogP contribution in [0.1, 0.15) is 23.0 Å². The number of aromatic amines is 1. The van der Waals surface area contributed by atoms with Crippen molar-refractivity contribution in [1.29, 1.82) is 0 Å². The zero-order valence-electron chi connectivity index (χ0n) is 22.4. The highest BCUT2D eigenvalue weighted by Crippen LogP contribution is 2.34. The number of anilines is 2. The summed E-state index contributed by atoms with van der Waals surface area (Å²) in [4.78, 5) is 30.4. The Morgan fingerprint density at radius 3 is 2.59 bits per heavy atom. The highest BCUT2D eigenvalue weighted by Gasteiger charge is 2.18. The summed E-state index contributed by atoms with van der Waals surface area (Å²) in [7, 11) is 1.59. The van der Waals surface area contributed by atoms with E-state index in [0.717, 1.165) is 6.07 Å². The average Bonchev–Trinajstić information content (AvgIpc) is 3.35. The standard InChI is InChI=1S/C29H26F2N6O4/c1-16(15-40-3)33-27-25-24(12-13-32-26(25)35-36-27)41-23-11-7-19(14-22(23)31)34-28(38)21-10-4-17(2)37(29(21)39)20-8-5-18(30)6-9-20/h4-14,16H,15H2,1-3H3,(H,34,38)(H2,32,33,35,36)/t16-/m1/s1. The molecule has 12 heteroatoms. The normalized spacial score (nSPS) is 11.8. The van der Waals surface area contributed by atoms with Crippen molar-refractivity contribution in [3.05, 3.63) is 100 Å². The number of benzene rings is 2. The number of rotatable bonds is 9. The Morgan fingerprint density at radius 2 is 1.85 bits per heavy atom. The molecule has 0 unspecified atom stereocenters. The summed E-state index contributed by atoms with van der Waals surface area (Å²) in [5.41, 5.74) is 0.768. The van der Waals surface area contributed by atoms with Crippen molar-refractivity contribution >= 4 is 28.4 Å². The van der Waals surface area contributed by atoms with Gasteiger partial charge >= 0.3 is 0 Å². The minimum Gasteiger partial charge on any atom is -0.453 e. The number of carbonyl (C=O) groups excluding carboxylic acids is 1. The maximum atomic E-state index is 15.1. The van der Waals surface area contributed by atoms with Crippen LogP contribution in [0.2, 0.25) is 0 Å². The van der Waals surface area contributed by atoms with Crippen LogP contribution in [0.25, 0.3) is 16.7 Å². The second kappa shape index (κ2) is 11.6. The lowest BCUT2D eigenvalue weighted by Gasteiger charge is -2.14. The number of ether oxygens (including phenoxy) is 2. The second-order valence-electron chi connectivity index (χ2n) is 9.31. The lowest BCUT2D eigenvalue weighted by atomic mass is 10.2. The molecule has 0 aliphatic carbocycles. The fourth-order valence-electron chi connectivity index (χ4n) is 4.33. The van der Waals surface area contributed by atoms with Gasteiger partial charge in [-0.25, -0.2) is 13.8 Å². The minimum absolute atomic E-state index is 0.0625. The molecule has 0 bridgehead atoms. The van der Waals surface area contributed by atoms with Crippen molar-refractivity contribution in [1.82, 2.24) is 19.7 Å². The molecule has 0 saturated carbocycles. The first-order valence-corrected chi connectivity index (χ1v) is 12.6. The molecule has 3 heterocycles. The Morgan fingerprint density at radius 1 is 1.07 bits per heavy atom. The van der Waals surface area contributed by atoms with Crippen LogP contribution < -0.4 is 20.9 Å². The van der Waals surface area contributed by atoms with Crippen molar-refractivity contribution in [3.63, 3.8) is 0 Å². The predicted molar refractivity (Wildman–Crippen MR) is 150 cm³/mol. The van der Waals surface area contributed by atoms with Gasteiger partial charge in [0.1, 0.15) is 22.5 Å². The summed E-state index contributed by atoms with van der Waals surface area (Å²) in [6.45, 7) is 4.05. The molecule has 0 saturated heterocycles. The van der Waals surface area contributed by atoms with Crippen LogP contribution in [0.3, 0.4) is 0 Å². The molecule has 1 atom stereocenters. The average molecular weight is 561 g/mol. The van der Waals surface area contributed by atoms with Crippen LogP contribution in [-0.2, 0) is 4.74 Å². The first-order valence-electron chi connectivity index (χ1n) is 12.6. The molecule has 1 amide bonds. The van der Waals surface area contributed by atoms with Gasteiger partial charge in [-0.1, -0.05) is 0 Å². The molecular formula is C29H26F2N6O4. The zero-order valence-corrected chi connectivity index (χ0v) is 22.4. The number of hydrogen-bond donors (Lipinski definition) is 3. The van der Waals surface area contributed by atoms with Gasteiger partial charge in [0.05, 0.1) is 6.61 Å². The van der Waals surface area contributed by atoms with Crippen molar-refractivity contribution in [3.8, 4) is 17.2 Å². The number of carbonyl (C=O) groups is 1. The molecule has 0 aliphatic rings. The Hall–Kier alpha value is -5.10. The Labute approximate surface area is 233 Å². The molecule has 2 aromatic carbocycles. The first kappa shape index (κ1) is 27.5. The number of nitrogens with one attached hydrogen (secondary N) is 3. The van der Waals surface area contributed by atoms with E-state index in [1.165, 1.54) is 53.2 Å². The van der Waals surface area contributed by atoms with Crippen molar-refractivity contribution < 1.29 is 23.0 Å². The van der Waals surface area contributed by atoms with E-state index in [-0.39, 0.29) is 23.0 Å². The number of amides is 1. The summed E-state index contributed by atoms with van der Waals surface area (Å²) >= 11 is 0. The first-order chi connectivity index (χ1) is 19.7. The topological polar surface area (TPSA) is 123 Å². The third-order valence-electron chi connectivity index (χ3n) is 6.24. The Kier molecular flexibility index (Phi) is 7.74. The van der Waals surface area contributed by atoms with Gasteiger partial charge < -0.3 is 20.1 Å². The number of halogens is 2. The molecular weight excluding hydrogens is 534 g/mol. The molecule has 5 rings (SSSR count). The van der Waals surface area contributed by atoms with Gasteiger partial charge in [0, 0.05) is 48.5 Å². The highest BCUT2D eigenvalue weighted by atomic mass is 19.1. The molecule has 3 aromatic heterocycles. The fraction of sp³-hybridized carbons (Fsp3) is 0.172. The van der Waals surface area contributed by atoms with Gasteiger partial charge in [-0.2, -0.15) is 5.10 Å². The largest absolute Gasteiger partial charge is 0.453 e. The molecule has 5 aromatic rings. The molecule has 210 valence electrons. The van der Waals surface area contributed by atoms with Gasteiger partial charge in [0.25, 0.3) is 11.5 Å². The van der Waals surface area contributed by atoms with Crippen LogP contribution in [0.5, 0.6) is 11.5 Å². The van der Waals surface area contributed by atoms with Crippen LogP contribution in [0, 0.1) is 18.6 Å². The van der Waals surface area contributed by atoms with Gasteiger partial charge in [0.15, 0.2) is 23.0 Å². The number of aryl methyl sites for hydroxylation is 1. The third kappa shape index (κ3) is 5.77. The van der Waals surface area contributed by atoms with E-state index in [9.17, 15) is 14.0 Å². The highest BCUT2D eigenvalue weighted by molar-refractivity contribution is 6.04. The molecule has 3 N–H and O–H groups in total. The van der Waals surface area contributed by atoms with E-state index in [2.05, 4.69) is 25.8 Å². The summed E-state index contributed by atoms with van der Waals surface area (Å²) in [5.74, 6) is -1.23. The van der Waals surface area contributed by atoms with Gasteiger partial charge in [-0.15, -0.1) is 0 Å². The van der Waals surface area contributed by atoms with E-state index >= 15 is 4.39 Å². The van der Waals surface area contributed by atoms with Crippen molar-refractivity contribution in [2.24, 2.45) is 0 Å². The quantitative estimate of drug-likeness (QED) is 0.227. The number of aromatic nitrogens is 4. The summed E-state index contributed by atoms with van der Waals surface area (Å²) in [5, 5.41) is 13.3. The van der Waals surface area contributed by atoms with Crippen LogP contribution in [-0.4, -0.2) is 45.4 Å². The molecule has 0 spiro atoms. The van der Waals surface area contributed by atoms with Crippen molar-refractivity contribution in [2.45, 2.75) is 19.9 Å². The smallest absolute Gasteiger partial charge is 0.268 e. The number of nitrogens with zero attached hydrogens (tertiary/aromatic N) is 3. The number of fused-ring (bicyclic) bond motifs is 1. The molecule has 0 radical (unpaired) electrons. The minimum atomic E-state index is -0.744.